The third-order valence-electron chi connectivity index (χ3n) is 4.18. The molecule has 0 aromatic heterocycles. The van der Waals surface area contributed by atoms with E-state index in [-0.39, 0.29) is 0 Å². The lowest BCUT2D eigenvalue weighted by molar-refractivity contribution is 0.638. The molecule has 2 aromatic rings. The smallest absolute Gasteiger partial charge is 0.160 e. The van der Waals surface area contributed by atoms with Crippen LogP contribution in [0.15, 0.2) is 79.1 Å². The lowest BCUT2D eigenvalue weighted by atomic mass is 10.1. The Bertz CT molecular complexity index is 881. The van der Waals surface area contributed by atoms with Gasteiger partial charge in [0.05, 0.1) is 5.69 Å². The number of aryl methyl sites for hydroxylation is 2. The molecule has 0 fully saturated rings. The van der Waals surface area contributed by atoms with Crippen molar-refractivity contribution in [1.29, 1.82) is 0 Å². The zero-order valence-electron chi connectivity index (χ0n) is 13.5. The molecule has 4 rings (SSSR count). The summed E-state index contributed by atoms with van der Waals surface area (Å²) in [6, 6.07) is 22.8. The maximum atomic E-state index is 4.68. The normalized spacial score (nSPS) is 11.0. The first-order valence-corrected chi connectivity index (χ1v) is 8.31. The Balaban J connectivity index is 1.48. The number of imidazole rings is 1. The number of hydrogen-bond donors (Lipinski definition) is 0. The van der Waals surface area contributed by atoms with E-state index in [2.05, 4.69) is 63.3 Å². The summed E-state index contributed by atoms with van der Waals surface area (Å²) in [5.41, 5.74) is 4.35. The minimum atomic E-state index is 0.799. The minimum Gasteiger partial charge on any atom is -0.352 e. The summed E-state index contributed by atoms with van der Waals surface area (Å²) in [5, 5.41) is 0. The highest BCUT2D eigenvalue weighted by molar-refractivity contribution is 5.65. The molecule has 2 aliphatic rings. The fraction of sp³-hybridized carbons (Fsp3) is 0.143. The molecule has 0 atom stereocenters. The standard InChI is InChI=1S/C21H19N3/c1-3-8-17(9-4-1)10-7-14-24-15-13-19-20(16-24)23-21(22-19)18-11-5-2-6-12-18/h1-6,8-9,11-13,15-16H,7,10,14H2. The predicted molar refractivity (Wildman–Crippen MR) is 96.8 cm³/mol. The molecule has 2 heterocycles. The van der Waals surface area contributed by atoms with Crippen molar-refractivity contribution in [2.24, 2.45) is 0 Å². The number of nitrogens with zero attached hydrogens (tertiary/aromatic N) is 3. The van der Waals surface area contributed by atoms with Crippen LogP contribution in [0.2, 0.25) is 0 Å². The van der Waals surface area contributed by atoms with E-state index in [0.29, 0.717) is 0 Å². The van der Waals surface area contributed by atoms with E-state index >= 15 is 0 Å². The highest BCUT2D eigenvalue weighted by atomic mass is 15.0. The molecule has 0 amide bonds. The molecule has 118 valence electrons. The minimum absolute atomic E-state index is 0.799. The summed E-state index contributed by atoms with van der Waals surface area (Å²) in [7, 11) is 0. The van der Waals surface area contributed by atoms with E-state index in [4.69, 9.17) is 0 Å². The van der Waals surface area contributed by atoms with Crippen molar-refractivity contribution in [1.82, 2.24) is 14.5 Å². The van der Waals surface area contributed by atoms with Gasteiger partial charge in [0.2, 0.25) is 0 Å². The van der Waals surface area contributed by atoms with Gasteiger partial charge in [-0.3, -0.25) is 0 Å². The average Bonchev–Trinajstić information content (AvgIpc) is 3.07. The quantitative estimate of drug-likeness (QED) is 0.535. The SMILES string of the molecule is c1ccc(CCCn2ccc3nc(-c4ccccc4)nc-3c2)cc1. The number of benzene rings is 2. The van der Waals surface area contributed by atoms with Gasteiger partial charge < -0.3 is 4.57 Å². The topological polar surface area (TPSA) is 30.7 Å². The summed E-state index contributed by atoms with van der Waals surface area (Å²) in [4.78, 5) is 9.31. The van der Waals surface area contributed by atoms with Gasteiger partial charge in [-0.1, -0.05) is 60.7 Å². The maximum Gasteiger partial charge on any atom is 0.160 e. The van der Waals surface area contributed by atoms with E-state index < -0.39 is 0 Å². The zero-order valence-corrected chi connectivity index (χ0v) is 13.5. The van der Waals surface area contributed by atoms with Crippen LogP contribution in [-0.4, -0.2) is 14.5 Å². The van der Waals surface area contributed by atoms with Gasteiger partial charge >= 0.3 is 0 Å². The summed E-state index contributed by atoms with van der Waals surface area (Å²) in [6.07, 6.45) is 6.39. The molecule has 0 spiro atoms. The van der Waals surface area contributed by atoms with Crippen molar-refractivity contribution in [2.75, 3.05) is 0 Å². The van der Waals surface area contributed by atoms with E-state index in [1.165, 1.54) is 5.56 Å². The van der Waals surface area contributed by atoms with Crippen LogP contribution in [0.3, 0.4) is 0 Å². The van der Waals surface area contributed by atoms with Gasteiger partial charge in [-0.15, -0.1) is 0 Å². The molecule has 0 radical (unpaired) electrons. The molecule has 0 saturated carbocycles. The second-order valence-corrected chi connectivity index (χ2v) is 5.96. The van der Waals surface area contributed by atoms with Crippen LogP contribution >= 0.6 is 0 Å². The zero-order chi connectivity index (χ0) is 16.2. The van der Waals surface area contributed by atoms with E-state index in [1.54, 1.807) is 0 Å². The van der Waals surface area contributed by atoms with Crippen molar-refractivity contribution in [3.05, 3.63) is 84.7 Å². The van der Waals surface area contributed by atoms with Crippen molar-refractivity contribution in [3.8, 4) is 22.8 Å². The van der Waals surface area contributed by atoms with Crippen LogP contribution in [0.4, 0.5) is 0 Å². The van der Waals surface area contributed by atoms with Gasteiger partial charge in [-0.05, 0) is 24.5 Å². The fourth-order valence-corrected chi connectivity index (χ4v) is 2.92. The number of hydrogen-bond acceptors (Lipinski definition) is 2. The first-order chi connectivity index (χ1) is 11.9. The van der Waals surface area contributed by atoms with E-state index in [9.17, 15) is 0 Å². The first-order valence-electron chi connectivity index (χ1n) is 8.31. The third kappa shape index (κ3) is 3.20. The highest BCUT2D eigenvalue weighted by Gasteiger charge is 2.12. The molecular formula is C21H19N3. The van der Waals surface area contributed by atoms with Gasteiger partial charge in [0.1, 0.15) is 5.69 Å². The Hall–Kier alpha value is -2.94. The lowest BCUT2D eigenvalue weighted by Crippen LogP contribution is -2.00. The van der Waals surface area contributed by atoms with Crippen LogP contribution < -0.4 is 0 Å². The Morgan fingerprint density at radius 3 is 2.25 bits per heavy atom. The largest absolute Gasteiger partial charge is 0.352 e. The van der Waals surface area contributed by atoms with Crippen molar-refractivity contribution in [2.45, 2.75) is 19.4 Å². The van der Waals surface area contributed by atoms with Crippen LogP contribution in [0, 0.1) is 0 Å². The third-order valence-corrected chi connectivity index (χ3v) is 4.18. The van der Waals surface area contributed by atoms with Crippen LogP contribution in [-0.2, 0) is 13.0 Å². The van der Waals surface area contributed by atoms with E-state index in [1.807, 2.05) is 30.3 Å². The number of rotatable bonds is 5. The molecule has 0 aliphatic carbocycles. The van der Waals surface area contributed by atoms with Crippen molar-refractivity contribution >= 4 is 0 Å². The van der Waals surface area contributed by atoms with Gasteiger partial charge in [0.25, 0.3) is 0 Å². The van der Waals surface area contributed by atoms with Gasteiger partial charge in [-0.25, -0.2) is 9.97 Å². The summed E-state index contributed by atoms with van der Waals surface area (Å²) in [6.45, 7) is 0.984. The molecule has 2 aromatic carbocycles. The van der Waals surface area contributed by atoms with Crippen LogP contribution in [0.25, 0.3) is 22.8 Å². The number of aromatic nitrogens is 3. The molecule has 0 saturated heterocycles. The maximum absolute atomic E-state index is 4.68. The predicted octanol–water partition coefficient (Wildman–Crippen LogP) is 4.68. The van der Waals surface area contributed by atoms with Crippen LogP contribution in [0.1, 0.15) is 12.0 Å². The van der Waals surface area contributed by atoms with Gasteiger partial charge in [0.15, 0.2) is 5.82 Å². The Kier molecular flexibility index (Phi) is 4.07. The van der Waals surface area contributed by atoms with Gasteiger partial charge in [-0.2, -0.15) is 0 Å². The molecule has 0 N–H and O–H groups in total. The monoisotopic (exact) mass is 313 g/mol. The number of pyridine rings is 1. The molecule has 2 aliphatic heterocycles. The summed E-state index contributed by atoms with van der Waals surface area (Å²) < 4.78 is 2.20. The average molecular weight is 313 g/mol. The molecule has 3 nitrogen and oxygen atoms in total. The summed E-state index contributed by atoms with van der Waals surface area (Å²) >= 11 is 0. The Labute approximate surface area is 142 Å². The lowest BCUT2D eigenvalue weighted by Gasteiger charge is -2.07. The molecular weight excluding hydrogens is 294 g/mol. The first kappa shape index (κ1) is 14.6. The van der Waals surface area contributed by atoms with Gasteiger partial charge in [0, 0.05) is 24.5 Å². The second kappa shape index (κ2) is 6.67. The fourth-order valence-electron chi connectivity index (χ4n) is 2.92. The Morgan fingerprint density at radius 2 is 1.46 bits per heavy atom. The molecule has 3 heteroatoms. The van der Waals surface area contributed by atoms with Crippen molar-refractivity contribution < 1.29 is 0 Å². The highest BCUT2D eigenvalue weighted by Crippen LogP contribution is 2.24. The van der Waals surface area contributed by atoms with Crippen LogP contribution in [0.5, 0.6) is 0 Å². The summed E-state index contributed by atoms with van der Waals surface area (Å²) in [5.74, 6) is 0.799. The molecule has 24 heavy (non-hydrogen) atoms. The molecule has 0 unspecified atom stereocenters. The molecule has 0 bridgehead atoms. The Morgan fingerprint density at radius 1 is 0.750 bits per heavy atom. The second-order valence-electron chi connectivity index (χ2n) is 5.96. The number of fused-ring (bicyclic) bond motifs is 1. The van der Waals surface area contributed by atoms with E-state index in [0.717, 1.165) is 42.2 Å². The van der Waals surface area contributed by atoms with Crippen molar-refractivity contribution in [3.63, 3.8) is 0 Å².